The lowest BCUT2D eigenvalue weighted by atomic mass is 9.87. The number of aliphatic hydroxyl groups excluding tert-OH is 1. The summed E-state index contributed by atoms with van der Waals surface area (Å²) in [5.41, 5.74) is 0.949. The summed E-state index contributed by atoms with van der Waals surface area (Å²) in [6.07, 6.45) is 1.51. The third-order valence-corrected chi connectivity index (χ3v) is 5.11. The zero-order valence-electron chi connectivity index (χ0n) is 11.9. The molecule has 1 saturated heterocycles. The van der Waals surface area contributed by atoms with Crippen molar-refractivity contribution in [1.29, 1.82) is 0 Å². The highest BCUT2D eigenvalue weighted by molar-refractivity contribution is 7.09. The maximum absolute atomic E-state index is 10.5. The van der Waals surface area contributed by atoms with E-state index in [2.05, 4.69) is 14.3 Å². The van der Waals surface area contributed by atoms with E-state index in [1.807, 2.05) is 31.2 Å². The first-order valence-corrected chi connectivity index (χ1v) is 8.27. The smallest absolute Gasteiger partial charge is 0.205 e. The van der Waals surface area contributed by atoms with E-state index in [-0.39, 0.29) is 5.92 Å². The van der Waals surface area contributed by atoms with E-state index >= 15 is 0 Å². The van der Waals surface area contributed by atoms with Gasteiger partial charge in [-0.05, 0) is 43.4 Å². The third kappa shape index (κ3) is 3.36. The van der Waals surface area contributed by atoms with E-state index in [0.717, 1.165) is 42.5 Å². The first kappa shape index (κ1) is 14.8. The zero-order valence-corrected chi connectivity index (χ0v) is 13.4. The number of aryl methyl sites for hydroxylation is 1. The predicted octanol–water partition coefficient (Wildman–Crippen LogP) is 3.45. The summed E-state index contributed by atoms with van der Waals surface area (Å²) < 4.78 is 4.23. The number of benzene rings is 1. The van der Waals surface area contributed by atoms with E-state index < -0.39 is 6.10 Å². The van der Waals surface area contributed by atoms with E-state index in [1.54, 1.807) is 0 Å². The first-order chi connectivity index (χ1) is 10.1. The van der Waals surface area contributed by atoms with Crippen LogP contribution in [0.25, 0.3) is 0 Å². The van der Waals surface area contributed by atoms with Crippen LogP contribution in [0.3, 0.4) is 0 Å². The number of piperidine rings is 1. The van der Waals surface area contributed by atoms with Crippen molar-refractivity contribution in [3.8, 4) is 0 Å². The van der Waals surface area contributed by atoms with Crippen LogP contribution in [0.15, 0.2) is 24.3 Å². The van der Waals surface area contributed by atoms with E-state index in [0.29, 0.717) is 5.02 Å². The number of rotatable bonds is 3. The number of aromatic nitrogens is 2. The predicted molar refractivity (Wildman–Crippen MR) is 86.0 cm³/mol. The molecule has 21 heavy (non-hydrogen) atoms. The molecule has 0 radical (unpaired) electrons. The molecule has 1 fully saturated rings. The molecule has 112 valence electrons. The molecular formula is C15H18ClN3OS. The Hall–Kier alpha value is -1.17. The van der Waals surface area contributed by atoms with Crippen molar-refractivity contribution in [2.24, 2.45) is 5.92 Å². The summed E-state index contributed by atoms with van der Waals surface area (Å²) in [4.78, 5) is 6.69. The molecule has 1 unspecified atom stereocenters. The van der Waals surface area contributed by atoms with Crippen LogP contribution in [0.2, 0.25) is 5.02 Å². The van der Waals surface area contributed by atoms with Gasteiger partial charge < -0.3 is 10.0 Å². The van der Waals surface area contributed by atoms with Gasteiger partial charge in [-0.3, -0.25) is 0 Å². The minimum absolute atomic E-state index is 0.288. The lowest BCUT2D eigenvalue weighted by Gasteiger charge is -2.34. The second kappa shape index (κ2) is 6.30. The van der Waals surface area contributed by atoms with Crippen molar-refractivity contribution in [3.05, 3.63) is 40.7 Å². The van der Waals surface area contributed by atoms with Crippen molar-refractivity contribution >= 4 is 28.3 Å². The van der Waals surface area contributed by atoms with Crippen LogP contribution in [0.1, 0.15) is 30.3 Å². The lowest BCUT2D eigenvalue weighted by molar-refractivity contribution is 0.0930. The minimum Gasteiger partial charge on any atom is -0.388 e. The van der Waals surface area contributed by atoms with Crippen molar-refractivity contribution < 1.29 is 5.11 Å². The molecule has 1 aromatic heterocycles. The van der Waals surface area contributed by atoms with Crippen molar-refractivity contribution in [2.75, 3.05) is 18.0 Å². The largest absolute Gasteiger partial charge is 0.388 e. The van der Waals surface area contributed by atoms with E-state index in [1.165, 1.54) is 11.5 Å². The summed E-state index contributed by atoms with van der Waals surface area (Å²) in [7, 11) is 0. The number of anilines is 1. The van der Waals surface area contributed by atoms with Crippen LogP contribution in [0, 0.1) is 12.8 Å². The molecular weight excluding hydrogens is 306 g/mol. The summed E-state index contributed by atoms with van der Waals surface area (Å²) in [6, 6.07) is 7.49. The zero-order chi connectivity index (χ0) is 14.8. The molecule has 0 saturated carbocycles. The maximum Gasteiger partial charge on any atom is 0.205 e. The van der Waals surface area contributed by atoms with Gasteiger partial charge in [0.1, 0.15) is 5.82 Å². The number of hydrogen-bond acceptors (Lipinski definition) is 5. The van der Waals surface area contributed by atoms with Gasteiger partial charge in [0.15, 0.2) is 0 Å². The number of halogens is 1. The average molecular weight is 324 g/mol. The molecule has 2 heterocycles. The SMILES string of the molecule is Cc1nsc(N2CCC(C(O)c3ccc(Cl)cc3)CC2)n1. The molecule has 1 aromatic carbocycles. The summed E-state index contributed by atoms with van der Waals surface area (Å²) >= 11 is 7.34. The van der Waals surface area contributed by atoms with Gasteiger partial charge in [-0.1, -0.05) is 23.7 Å². The van der Waals surface area contributed by atoms with Crippen LogP contribution in [-0.4, -0.2) is 27.6 Å². The molecule has 0 amide bonds. The fourth-order valence-electron chi connectivity index (χ4n) is 2.75. The average Bonchev–Trinajstić information content (AvgIpc) is 2.94. The monoisotopic (exact) mass is 323 g/mol. The van der Waals surface area contributed by atoms with Crippen LogP contribution < -0.4 is 4.90 Å². The Labute approximate surface area is 133 Å². The molecule has 1 atom stereocenters. The van der Waals surface area contributed by atoms with Crippen LogP contribution in [0.4, 0.5) is 5.13 Å². The summed E-state index contributed by atoms with van der Waals surface area (Å²) in [5.74, 6) is 1.12. The quantitative estimate of drug-likeness (QED) is 0.940. The molecule has 1 aliphatic heterocycles. The Balaban J connectivity index is 1.61. The van der Waals surface area contributed by atoms with Crippen LogP contribution >= 0.6 is 23.1 Å². The van der Waals surface area contributed by atoms with Crippen LogP contribution in [-0.2, 0) is 0 Å². The fourth-order valence-corrected chi connectivity index (χ4v) is 3.60. The van der Waals surface area contributed by atoms with Crippen molar-refractivity contribution in [1.82, 2.24) is 9.36 Å². The van der Waals surface area contributed by atoms with Crippen molar-refractivity contribution in [2.45, 2.75) is 25.9 Å². The van der Waals surface area contributed by atoms with E-state index in [9.17, 15) is 5.11 Å². The van der Waals surface area contributed by atoms with E-state index in [4.69, 9.17) is 11.6 Å². The van der Waals surface area contributed by atoms with Crippen molar-refractivity contribution in [3.63, 3.8) is 0 Å². The van der Waals surface area contributed by atoms with Gasteiger partial charge in [0.2, 0.25) is 5.13 Å². The Morgan fingerprint density at radius 3 is 2.52 bits per heavy atom. The van der Waals surface area contributed by atoms with Gasteiger partial charge in [-0.25, -0.2) is 4.98 Å². The number of hydrogen-bond donors (Lipinski definition) is 1. The molecule has 1 aliphatic rings. The Kier molecular flexibility index (Phi) is 4.42. The first-order valence-electron chi connectivity index (χ1n) is 7.12. The maximum atomic E-state index is 10.5. The second-order valence-corrected chi connectivity index (χ2v) is 6.61. The van der Waals surface area contributed by atoms with Gasteiger partial charge in [-0.15, -0.1) is 0 Å². The van der Waals surface area contributed by atoms with Gasteiger partial charge in [-0.2, -0.15) is 4.37 Å². The summed E-state index contributed by atoms with van der Waals surface area (Å²) in [6.45, 7) is 3.75. The number of nitrogens with zero attached hydrogens (tertiary/aromatic N) is 3. The lowest BCUT2D eigenvalue weighted by Crippen LogP contribution is -2.35. The second-order valence-electron chi connectivity index (χ2n) is 5.45. The molecule has 3 rings (SSSR count). The molecule has 0 bridgehead atoms. The Morgan fingerprint density at radius 1 is 1.29 bits per heavy atom. The van der Waals surface area contributed by atoms with Gasteiger partial charge in [0.05, 0.1) is 6.10 Å². The molecule has 0 spiro atoms. The third-order valence-electron chi connectivity index (χ3n) is 3.99. The standard InChI is InChI=1S/C15H18ClN3OS/c1-10-17-15(21-18-10)19-8-6-12(7-9-19)14(20)11-2-4-13(16)5-3-11/h2-5,12,14,20H,6-9H2,1H3. The highest BCUT2D eigenvalue weighted by Gasteiger charge is 2.27. The minimum atomic E-state index is -0.416. The topological polar surface area (TPSA) is 49.2 Å². The highest BCUT2D eigenvalue weighted by Crippen LogP contribution is 2.33. The molecule has 0 aliphatic carbocycles. The Morgan fingerprint density at radius 2 is 1.95 bits per heavy atom. The molecule has 2 aromatic rings. The van der Waals surface area contributed by atoms with Gasteiger partial charge in [0, 0.05) is 29.6 Å². The number of aliphatic hydroxyl groups is 1. The highest BCUT2D eigenvalue weighted by atomic mass is 35.5. The van der Waals surface area contributed by atoms with Gasteiger partial charge >= 0.3 is 0 Å². The fraction of sp³-hybridized carbons (Fsp3) is 0.467. The van der Waals surface area contributed by atoms with Crippen LogP contribution in [0.5, 0.6) is 0 Å². The molecule has 4 nitrogen and oxygen atoms in total. The normalized spacial score (nSPS) is 18.0. The molecule has 6 heteroatoms. The molecule has 1 N–H and O–H groups in total. The Bertz CT molecular complexity index is 593. The van der Waals surface area contributed by atoms with Gasteiger partial charge in [0.25, 0.3) is 0 Å². The summed E-state index contributed by atoms with van der Waals surface area (Å²) in [5, 5.41) is 12.2.